The highest BCUT2D eigenvalue weighted by molar-refractivity contribution is 4.85. The third-order valence-corrected chi connectivity index (χ3v) is 3.72. The van der Waals surface area contributed by atoms with Gasteiger partial charge in [-0.05, 0) is 39.3 Å². The molecule has 0 aromatic rings. The molecular weight excluding hydrogens is 216 g/mol. The Morgan fingerprint density at radius 1 is 1.35 bits per heavy atom. The Hall–Kier alpha value is -0.160. The average Bonchev–Trinajstić information content (AvgIpc) is 2.30. The van der Waals surface area contributed by atoms with Crippen LogP contribution in [0.1, 0.15) is 26.7 Å². The van der Waals surface area contributed by atoms with Gasteiger partial charge in [0.05, 0.1) is 13.2 Å². The number of hydrogen-bond donors (Lipinski definition) is 2. The summed E-state index contributed by atoms with van der Waals surface area (Å²) in [6.07, 6.45) is 2.25. The third-order valence-electron chi connectivity index (χ3n) is 3.72. The van der Waals surface area contributed by atoms with Crippen LogP contribution in [0.2, 0.25) is 0 Å². The molecule has 3 unspecified atom stereocenters. The van der Waals surface area contributed by atoms with E-state index in [1.165, 1.54) is 13.0 Å². The molecular formula is C13H28N2O2. The average molecular weight is 244 g/mol. The van der Waals surface area contributed by atoms with Gasteiger partial charge in [-0.25, -0.2) is 0 Å². The first-order valence-corrected chi connectivity index (χ1v) is 6.77. The van der Waals surface area contributed by atoms with Crippen LogP contribution < -0.4 is 5.32 Å². The van der Waals surface area contributed by atoms with Crippen molar-refractivity contribution in [2.45, 2.75) is 38.8 Å². The lowest BCUT2D eigenvalue weighted by Crippen LogP contribution is -2.51. The molecule has 1 aliphatic heterocycles. The van der Waals surface area contributed by atoms with E-state index in [4.69, 9.17) is 9.84 Å². The zero-order chi connectivity index (χ0) is 12.7. The van der Waals surface area contributed by atoms with E-state index in [-0.39, 0.29) is 6.61 Å². The smallest absolute Gasteiger partial charge is 0.0697 e. The molecule has 1 heterocycles. The fourth-order valence-corrected chi connectivity index (χ4v) is 2.45. The summed E-state index contributed by atoms with van der Waals surface area (Å²) in [5, 5.41) is 12.2. The summed E-state index contributed by atoms with van der Waals surface area (Å²) in [4.78, 5) is 2.44. The summed E-state index contributed by atoms with van der Waals surface area (Å²) < 4.78 is 5.24. The Balaban J connectivity index is 2.10. The van der Waals surface area contributed by atoms with Crippen molar-refractivity contribution < 1.29 is 9.84 Å². The van der Waals surface area contributed by atoms with Crippen LogP contribution in [-0.4, -0.2) is 62.0 Å². The van der Waals surface area contributed by atoms with E-state index < -0.39 is 0 Å². The van der Waals surface area contributed by atoms with Crippen LogP contribution in [0.15, 0.2) is 0 Å². The van der Waals surface area contributed by atoms with Gasteiger partial charge in [0, 0.05) is 25.2 Å². The van der Waals surface area contributed by atoms with Crippen molar-refractivity contribution in [3.63, 3.8) is 0 Å². The summed E-state index contributed by atoms with van der Waals surface area (Å²) in [6, 6.07) is 1.31. The van der Waals surface area contributed by atoms with Crippen LogP contribution in [0.4, 0.5) is 0 Å². The molecule has 17 heavy (non-hydrogen) atoms. The van der Waals surface area contributed by atoms with Crippen LogP contribution in [-0.2, 0) is 4.74 Å². The summed E-state index contributed by atoms with van der Waals surface area (Å²) in [5.41, 5.74) is 0. The number of piperidine rings is 1. The zero-order valence-corrected chi connectivity index (χ0v) is 11.5. The standard InChI is InChI=1S/C13H28N2O2/c1-11-10-15(3)12(2)9-13(11)14-5-4-7-17-8-6-16/h11-14,16H,4-10H2,1-3H3. The Bertz CT molecular complexity index is 202. The molecule has 1 rings (SSSR count). The second kappa shape index (κ2) is 8.03. The van der Waals surface area contributed by atoms with E-state index in [0.29, 0.717) is 18.7 Å². The first kappa shape index (κ1) is 14.9. The quantitative estimate of drug-likeness (QED) is 0.647. The molecule has 0 radical (unpaired) electrons. The van der Waals surface area contributed by atoms with Crippen LogP contribution in [0.3, 0.4) is 0 Å². The second-order valence-corrected chi connectivity index (χ2v) is 5.25. The van der Waals surface area contributed by atoms with Crippen molar-refractivity contribution >= 4 is 0 Å². The molecule has 0 saturated carbocycles. The van der Waals surface area contributed by atoms with E-state index >= 15 is 0 Å². The Labute approximate surface area is 105 Å². The second-order valence-electron chi connectivity index (χ2n) is 5.25. The lowest BCUT2D eigenvalue weighted by molar-refractivity contribution is 0.0869. The number of nitrogens with one attached hydrogen (secondary N) is 1. The van der Waals surface area contributed by atoms with Crippen molar-refractivity contribution in [2.24, 2.45) is 5.92 Å². The van der Waals surface area contributed by atoms with Crippen LogP contribution in [0.5, 0.6) is 0 Å². The van der Waals surface area contributed by atoms with E-state index in [2.05, 4.69) is 31.1 Å². The molecule has 4 nitrogen and oxygen atoms in total. The topological polar surface area (TPSA) is 44.7 Å². The van der Waals surface area contributed by atoms with Crippen LogP contribution >= 0.6 is 0 Å². The summed E-state index contributed by atoms with van der Waals surface area (Å²) in [6.45, 7) is 8.13. The van der Waals surface area contributed by atoms with Crippen LogP contribution in [0.25, 0.3) is 0 Å². The van der Waals surface area contributed by atoms with Gasteiger partial charge in [-0.15, -0.1) is 0 Å². The normalized spacial score (nSPS) is 30.7. The van der Waals surface area contributed by atoms with Crippen molar-refractivity contribution in [3.05, 3.63) is 0 Å². The van der Waals surface area contributed by atoms with E-state index in [1.54, 1.807) is 0 Å². The lowest BCUT2D eigenvalue weighted by Gasteiger charge is -2.40. The van der Waals surface area contributed by atoms with Gasteiger partial charge in [-0.2, -0.15) is 0 Å². The maximum atomic E-state index is 8.57. The molecule has 0 spiro atoms. The number of aliphatic hydroxyl groups excluding tert-OH is 1. The monoisotopic (exact) mass is 244 g/mol. The molecule has 1 fully saturated rings. The molecule has 102 valence electrons. The van der Waals surface area contributed by atoms with Gasteiger partial charge in [-0.3, -0.25) is 0 Å². The zero-order valence-electron chi connectivity index (χ0n) is 11.5. The number of ether oxygens (including phenoxy) is 1. The van der Waals surface area contributed by atoms with Crippen LogP contribution in [0, 0.1) is 5.92 Å². The molecule has 3 atom stereocenters. The SMILES string of the molecule is CC1CN(C)C(C)CC1NCCCOCCO. The molecule has 0 aliphatic carbocycles. The van der Waals surface area contributed by atoms with Gasteiger partial charge >= 0.3 is 0 Å². The lowest BCUT2D eigenvalue weighted by atomic mass is 9.90. The summed E-state index contributed by atoms with van der Waals surface area (Å²) in [7, 11) is 2.21. The first-order valence-electron chi connectivity index (χ1n) is 6.77. The highest BCUT2D eigenvalue weighted by atomic mass is 16.5. The fraction of sp³-hybridized carbons (Fsp3) is 1.00. The molecule has 0 bridgehead atoms. The number of rotatable bonds is 7. The van der Waals surface area contributed by atoms with E-state index in [0.717, 1.165) is 25.5 Å². The molecule has 1 aliphatic rings. The predicted octanol–water partition coefficient (Wildman–Crippen LogP) is 0.704. The van der Waals surface area contributed by atoms with Gasteiger partial charge in [0.25, 0.3) is 0 Å². The molecule has 1 saturated heterocycles. The first-order chi connectivity index (χ1) is 8.15. The van der Waals surface area contributed by atoms with Gasteiger partial charge in [0.2, 0.25) is 0 Å². The van der Waals surface area contributed by atoms with Crippen molar-refractivity contribution in [1.82, 2.24) is 10.2 Å². The summed E-state index contributed by atoms with van der Waals surface area (Å²) in [5.74, 6) is 0.717. The maximum absolute atomic E-state index is 8.57. The van der Waals surface area contributed by atoms with Gasteiger partial charge < -0.3 is 20.1 Å². The molecule has 0 amide bonds. The fourth-order valence-electron chi connectivity index (χ4n) is 2.45. The van der Waals surface area contributed by atoms with Gasteiger partial charge in [0.15, 0.2) is 0 Å². The molecule has 0 aromatic carbocycles. The molecule has 0 aromatic heterocycles. The highest BCUT2D eigenvalue weighted by Crippen LogP contribution is 2.20. The minimum absolute atomic E-state index is 0.122. The van der Waals surface area contributed by atoms with Crippen molar-refractivity contribution in [2.75, 3.05) is 40.0 Å². The van der Waals surface area contributed by atoms with E-state index in [9.17, 15) is 0 Å². The molecule has 4 heteroatoms. The minimum Gasteiger partial charge on any atom is -0.394 e. The number of nitrogens with zero attached hydrogens (tertiary/aromatic N) is 1. The third kappa shape index (κ3) is 5.34. The molecule has 2 N–H and O–H groups in total. The van der Waals surface area contributed by atoms with Gasteiger partial charge in [-0.1, -0.05) is 6.92 Å². The predicted molar refractivity (Wildman–Crippen MR) is 70.2 cm³/mol. The number of aliphatic hydroxyl groups is 1. The van der Waals surface area contributed by atoms with Crippen molar-refractivity contribution in [1.29, 1.82) is 0 Å². The summed E-state index contributed by atoms with van der Waals surface area (Å²) >= 11 is 0. The Kier molecular flexibility index (Phi) is 7.04. The highest BCUT2D eigenvalue weighted by Gasteiger charge is 2.27. The minimum atomic E-state index is 0.122. The van der Waals surface area contributed by atoms with Crippen molar-refractivity contribution in [3.8, 4) is 0 Å². The van der Waals surface area contributed by atoms with E-state index in [1.807, 2.05) is 0 Å². The maximum Gasteiger partial charge on any atom is 0.0697 e. The number of likely N-dealkylation sites (tertiary alicyclic amines) is 1. The van der Waals surface area contributed by atoms with Gasteiger partial charge in [0.1, 0.15) is 0 Å². The number of hydrogen-bond acceptors (Lipinski definition) is 4. The Morgan fingerprint density at radius 2 is 2.12 bits per heavy atom. The Morgan fingerprint density at radius 3 is 2.82 bits per heavy atom. The largest absolute Gasteiger partial charge is 0.394 e.